The molecular weight excluding hydrogens is 397 g/mol. The third-order valence-electron chi connectivity index (χ3n) is 5.09. The predicted octanol–water partition coefficient (Wildman–Crippen LogP) is 4.94. The van der Waals surface area contributed by atoms with Crippen LogP contribution in [0.1, 0.15) is 30.4 Å². The third-order valence-corrected chi connectivity index (χ3v) is 5.64. The van der Waals surface area contributed by atoms with Crippen LogP contribution in [0.25, 0.3) is 0 Å². The van der Waals surface area contributed by atoms with E-state index < -0.39 is 5.41 Å². The average Bonchev–Trinajstić information content (AvgIpc) is 2.68. The standard InChI is InChI=1S/C22H25Cl2NO3/c1-16-4-2-5-18(14-16)28-11-3-10-25-21(26)22(8-12-27-13-9-22)19-7-6-17(23)15-20(19)24/h2,4-7,14-15H,3,8-13H2,1H3,(H,25,26). The Kier molecular flexibility index (Phi) is 7.22. The van der Waals surface area contributed by atoms with Gasteiger partial charge in [-0.1, -0.05) is 41.4 Å². The number of nitrogens with one attached hydrogen (secondary N) is 1. The number of hydrogen-bond acceptors (Lipinski definition) is 3. The van der Waals surface area contributed by atoms with Crippen molar-refractivity contribution in [1.82, 2.24) is 5.32 Å². The van der Waals surface area contributed by atoms with Crippen LogP contribution in [0.15, 0.2) is 42.5 Å². The van der Waals surface area contributed by atoms with Gasteiger partial charge in [0.2, 0.25) is 5.91 Å². The van der Waals surface area contributed by atoms with E-state index in [1.165, 1.54) is 0 Å². The van der Waals surface area contributed by atoms with E-state index in [0.29, 0.717) is 49.3 Å². The van der Waals surface area contributed by atoms with Crippen molar-refractivity contribution in [3.63, 3.8) is 0 Å². The lowest BCUT2D eigenvalue weighted by molar-refractivity contribution is -0.130. The molecule has 0 aromatic heterocycles. The topological polar surface area (TPSA) is 47.6 Å². The maximum atomic E-state index is 13.1. The molecule has 1 aliphatic rings. The van der Waals surface area contributed by atoms with Crippen molar-refractivity contribution < 1.29 is 14.3 Å². The Morgan fingerprint density at radius 1 is 1.18 bits per heavy atom. The van der Waals surface area contributed by atoms with Gasteiger partial charge in [0.05, 0.1) is 12.0 Å². The number of ether oxygens (including phenoxy) is 2. The number of carbonyl (C=O) groups is 1. The highest BCUT2D eigenvalue weighted by atomic mass is 35.5. The molecule has 6 heteroatoms. The Labute approximate surface area is 176 Å². The SMILES string of the molecule is Cc1cccc(OCCCNC(=O)C2(c3ccc(Cl)cc3Cl)CCOCC2)c1. The highest BCUT2D eigenvalue weighted by Gasteiger charge is 2.42. The Bertz CT molecular complexity index is 819. The summed E-state index contributed by atoms with van der Waals surface area (Å²) in [6.07, 6.45) is 1.92. The molecule has 1 N–H and O–H groups in total. The highest BCUT2D eigenvalue weighted by Crippen LogP contribution is 2.39. The van der Waals surface area contributed by atoms with Crippen LogP contribution in [0, 0.1) is 6.92 Å². The van der Waals surface area contributed by atoms with Crippen LogP contribution >= 0.6 is 23.2 Å². The van der Waals surface area contributed by atoms with Crippen molar-refractivity contribution in [2.45, 2.75) is 31.6 Å². The van der Waals surface area contributed by atoms with Crippen molar-refractivity contribution in [3.8, 4) is 5.75 Å². The van der Waals surface area contributed by atoms with Crippen LogP contribution in [-0.4, -0.2) is 32.3 Å². The van der Waals surface area contributed by atoms with Gasteiger partial charge in [-0.25, -0.2) is 0 Å². The largest absolute Gasteiger partial charge is 0.494 e. The summed E-state index contributed by atoms with van der Waals surface area (Å²) in [7, 11) is 0. The minimum absolute atomic E-state index is 0.0180. The normalized spacial score (nSPS) is 15.8. The minimum atomic E-state index is -0.683. The number of aryl methyl sites for hydroxylation is 1. The smallest absolute Gasteiger partial charge is 0.230 e. The highest BCUT2D eigenvalue weighted by molar-refractivity contribution is 6.35. The van der Waals surface area contributed by atoms with Crippen molar-refractivity contribution in [2.24, 2.45) is 0 Å². The number of rotatable bonds is 7. The Balaban J connectivity index is 1.59. The van der Waals surface area contributed by atoms with Crippen molar-refractivity contribution in [2.75, 3.05) is 26.4 Å². The molecular formula is C22H25Cl2NO3. The predicted molar refractivity (Wildman–Crippen MR) is 112 cm³/mol. The molecule has 2 aromatic rings. The van der Waals surface area contributed by atoms with E-state index in [1.54, 1.807) is 12.1 Å². The molecule has 0 unspecified atom stereocenters. The first kappa shape index (κ1) is 21.0. The summed E-state index contributed by atoms with van der Waals surface area (Å²) in [5.41, 5.74) is 1.29. The van der Waals surface area contributed by atoms with Gasteiger partial charge in [0.15, 0.2) is 0 Å². The second-order valence-electron chi connectivity index (χ2n) is 7.09. The summed E-state index contributed by atoms with van der Waals surface area (Å²) in [6, 6.07) is 13.3. The molecule has 28 heavy (non-hydrogen) atoms. The molecule has 150 valence electrons. The summed E-state index contributed by atoms with van der Waals surface area (Å²) < 4.78 is 11.2. The quantitative estimate of drug-likeness (QED) is 0.644. The van der Waals surface area contributed by atoms with Gasteiger partial charge in [-0.15, -0.1) is 0 Å². The lowest BCUT2D eigenvalue weighted by atomic mass is 9.73. The molecule has 3 rings (SSSR count). The van der Waals surface area contributed by atoms with Gasteiger partial charge < -0.3 is 14.8 Å². The number of amides is 1. The van der Waals surface area contributed by atoms with Gasteiger partial charge in [0.1, 0.15) is 5.75 Å². The molecule has 0 atom stereocenters. The first-order chi connectivity index (χ1) is 13.5. The molecule has 2 aromatic carbocycles. The van der Waals surface area contributed by atoms with Gasteiger partial charge in [0, 0.05) is 29.8 Å². The van der Waals surface area contributed by atoms with Crippen LogP contribution in [0.2, 0.25) is 10.0 Å². The van der Waals surface area contributed by atoms with Crippen LogP contribution in [0.5, 0.6) is 5.75 Å². The molecule has 0 bridgehead atoms. The third kappa shape index (κ3) is 4.99. The zero-order chi connectivity index (χ0) is 20.0. The van der Waals surface area contributed by atoms with Crippen molar-refractivity contribution in [1.29, 1.82) is 0 Å². The van der Waals surface area contributed by atoms with Crippen LogP contribution in [-0.2, 0) is 14.9 Å². The van der Waals surface area contributed by atoms with E-state index in [4.69, 9.17) is 32.7 Å². The van der Waals surface area contributed by atoms with Gasteiger partial charge in [-0.2, -0.15) is 0 Å². The fourth-order valence-electron chi connectivity index (χ4n) is 3.55. The molecule has 1 heterocycles. The number of benzene rings is 2. The molecule has 1 amide bonds. The van der Waals surface area contributed by atoms with Gasteiger partial charge in [-0.05, 0) is 61.6 Å². The monoisotopic (exact) mass is 421 g/mol. The summed E-state index contributed by atoms with van der Waals surface area (Å²) in [5, 5.41) is 4.15. The van der Waals surface area contributed by atoms with Crippen molar-refractivity contribution >= 4 is 29.1 Å². The van der Waals surface area contributed by atoms with Crippen LogP contribution < -0.4 is 10.1 Å². The second-order valence-corrected chi connectivity index (χ2v) is 7.94. The fraction of sp³-hybridized carbons (Fsp3) is 0.409. The van der Waals surface area contributed by atoms with Gasteiger partial charge >= 0.3 is 0 Å². The number of carbonyl (C=O) groups excluding carboxylic acids is 1. The van der Waals surface area contributed by atoms with E-state index >= 15 is 0 Å². The van der Waals surface area contributed by atoms with Gasteiger partial charge in [-0.3, -0.25) is 4.79 Å². The van der Waals surface area contributed by atoms with E-state index in [-0.39, 0.29) is 5.91 Å². The van der Waals surface area contributed by atoms with E-state index in [1.807, 2.05) is 37.3 Å². The average molecular weight is 422 g/mol. The molecule has 0 saturated carbocycles. The zero-order valence-corrected chi connectivity index (χ0v) is 17.5. The van der Waals surface area contributed by atoms with Crippen LogP contribution in [0.4, 0.5) is 0 Å². The molecule has 1 aliphatic heterocycles. The summed E-state index contributed by atoms with van der Waals surface area (Å²) in [6.45, 7) is 4.17. The van der Waals surface area contributed by atoms with Crippen molar-refractivity contribution in [3.05, 3.63) is 63.6 Å². The summed E-state index contributed by atoms with van der Waals surface area (Å²) in [4.78, 5) is 13.1. The molecule has 1 saturated heterocycles. The van der Waals surface area contributed by atoms with E-state index in [2.05, 4.69) is 5.32 Å². The Morgan fingerprint density at radius 3 is 2.68 bits per heavy atom. The lowest BCUT2D eigenvalue weighted by Gasteiger charge is -2.36. The Morgan fingerprint density at radius 2 is 1.96 bits per heavy atom. The van der Waals surface area contributed by atoms with Gasteiger partial charge in [0.25, 0.3) is 0 Å². The Hall–Kier alpha value is -1.75. The fourth-order valence-corrected chi connectivity index (χ4v) is 4.14. The first-order valence-electron chi connectivity index (χ1n) is 9.52. The van der Waals surface area contributed by atoms with E-state index in [0.717, 1.165) is 23.3 Å². The summed E-state index contributed by atoms with van der Waals surface area (Å²) in [5.74, 6) is 0.829. The molecule has 0 radical (unpaired) electrons. The zero-order valence-electron chi connectivity index (χ0n) is 16.0. The molecule has 4 nitrogen and oxygen atoms in total. The minimum Gasteiger partial charge on any atom is -0.494 e. The van der Waals surface area contributed by atoms with E-state index in [9.17, 15) is 4.79 Å². The number of hydrogen-bond donors (Lipinski definition) is 1. The molecule has 0 spiro atoms. The number of halogens is 2. The molecule has 1 fully saturated rings. The summed E-state index contributed by atoms with van der Waals surface area (Å²) >= 11 is 12.5. The molecule has 0 aliphatic carbocycles. The maximum absolute atomic E-state index is 13.1. The maximum Gasteiger partial charge on any atom is 0.230 e. The first-order valence-corrected chi connectivity index (χ1v) is 10.3. The lowest BCUT2D eigenvalue weighted by Crippen LogP contribution is -2.48. The second kappa shape index (κ2) is 9.64. The van der Waals surface area contributed by atoms with Crippen LogP contribution in [0.3, 0.4) is 0 Å².